The van der Waals surface area contributed by atoms with Crippen LogP contribution in [0.5, 0.6) is 0 Å². The largest absolute Gasteiger partial charge is 0.551 e. The summed E-state index contributed by atoms with van der Waals surface area (Å²) >= 11 is 12.3. The quantitative estimate of drug-likeness (QED) is 0.0885. The Balaban J connectivity index is 3.34. The van der Waals surface area contributed by atoms with Crippen molar-refractivity contribution in [2.45, 2.75) is 89.9 Å². The number of hydrogen-bond acceptors (Lipinski definition) is 2. The van der Waals surface area contributed by atoms with Gasteiger partial charge >= 0.3 is 7.18 Å². The lowest BCUT2D eigenvalue weighted by molar-refractivity contribution is 0.196. The third-order valence-corrected chi connectivity index (χ3v) is 6.54. The smallest absolute Gasteiger partial charge is 0.372 e. The summed E-state index contributed by atoms with van der Waals surface area (Å²) in [5, 5.41) is 0. The van der Waals surface area contributed by atoms with E-state index in [0.29, 0.717) is 13.2 Å². The highest BCUT2D eigenvalue weighted by Crippen LogP contribution is 2.20. The van der Waals surface area contributed by atoms with Crippen LogP contribution < -0.4 is 0 Å². The van der Waals surface area contributed by atoms with E-state index in [9.17, 15) is 0 Å². The maximum Gasteiger partial charge on any atom is 0.551 e. The van der Waals surface area contributed by atoms with E-state index in [-0.39, 0.29) is 0 Å². The van der Waals surface area contributed by atoms with Crippen LogP contribution in [0.15, 0.2) is 25.3 Å². The van der Waals surface area contributed by atoms with E-state index in [1.165, 1.54) is 51.4 Å². The van der Waals surface area contributed by atoms with Crippen molar-refractivity contribution in [1.29, 1.82) is 0 Å². The van der Waals surface area contributed by atoms with Crippen molar-refractivity contribution in [2.75, 3.05) is 13.2 Å². The number of unbranched alkanes of at least 4 members (excludes halogenated alkanes) is 12. The van der Waals surface area contributed by atoms with Gasteiger partial charge in [0.05, 0.1) is 0 Å². The summed E-state index contributed by atoms with van der Waals surface area (Å²) in [6, 6.07) is 0. The molecule has 0 fully saturated rings. The van der Waals surface area contributed by atoms with Crippen molar-refractivity contribution in [3.05, 3.63) is 25.3 Å². The Labute approximate surface area is 166 Å². The zero-order valence-electron chi connectivity index (χ0n) is 16.0. The van der Waals surface area contributed by atoms with Crippen LogP contribution in [0.4, 0.5) is 0 Å². The van der Waals surface area contributed by atoms with E-state index in [1.807, 2.05) is 12.2 Å². The van der Waals surface area contributed by atoms with Gasteiger partial charge in [0.2, 0.25) is 0 Å². The molecule has 0 aromatic carbocycles. The van der Waals surface area contributed by atoms with E-state index in [4.69, 9.17) is 31.0 Å². The van der Waals surface area contributed by atoms with Crippen molar-refractivity contribution in [3.63, 3.8) is 0 Å². The maximum atomic E-state index is 6.17. The Kier molecular flexibility index (Phi) is 19.1. The van der Waals surface area contributed by atoms with Crippen molar-refractivity contribution in [3.8, 4) is 0 Å². The van der Waals surface area contributed by atoms with Crippen LogP contribution in [0.3, 0.4) is 0 Å². The van der Waals surface area contributed by atoms with Crippen LogP contribution in [-0.2, 0) is 8.85 Å². The Bertz CT molecular complexity index is 284. The minimum atomic E-state index is -2.95. The second kappa shape index (κ2) is 19.0. The predicted octanol–water partition coefficient (Wildman–Crippen LogP) is 7.77. The first-order valence-electron chi connectivity index (χ1n) is 10.00. The molecular weight excluding hydrogens is 371 g/mol. The highest BCUT2D eigenvalue weighted by Gasteiger charge is 2.33. The van der Waals surface area contributed by atoms with Crippen molar-refractivity contribution in [1.82, 2.24) is 0 Å². The minimum Gasteiger partial charge on any atom is -0.372 e. The summed E-state index contributed by atoms with van der Waals surface area (Å²) < 4.78 is 11.1. The van der Waals surface area contributed by atoms with Gasteiger partial charge in [-0.15, -0.1) is 13.2 Å². The summed E-state index contributed by atoms with van der Waals surface area (Å²) in [7, 11) is -2.95. The predicted molar refractivity (Wildman–Crippen MR) is 114 cm³/mol. The molecule has 0 aliphatic carbocycles. The highest BCUT2D eigenvalue weighted by molar-refractivity contribution is 7.39. The van der Waals surface area contributed by atoms with E-state index in [0.717, 1.165) is 38.5 Å². The van der Waals surface area contributed by atoms with Gasteiger partial charge in [-0.3, -0.25) is 0 Å². The van der Waals surface area contributed by atoms with Gasteiger partial charge in [0, 0.05) is 13.2 Å². The molecule has 0 heterocycles. The Morgan fingerprint density at radius 3 is 1.24 bits per heavy atom. The molecule has 0 unspecified atom stereocenters. The summed E-state index contributed by atoms with van der Waals surface area (Å²) in [5.41, 5.74) is 0. The molecule has 0 saturated carbocycles. The molecule has 0 radical (unpaired) electrons. The first-order valence-corrected chi connectivity index (χ1v) is 13.8. The maximum absolute atomic E-state index is 6.17. The molecule has 0 aromatic rings. The van der Waals surface area contributed by atoms with Gasteiger partial charge in [0.25, 0.3) is 0 Å². The fourth-order valence-electron chi connectivity index (χ4n) is 2.62. The zero-order valence-corrected chi connectivity index (χ0v) is 18.5. The second-order valence-electron chi connectivity index (χ2n) is 6.56. The van der Waals surface area contributed by atoms with E-state index in [2.05, 4.69) is 13.2 Å². The highest BCUT2D eigenvalue weighted by atomic mass is 35.7. The summed E-state index contributed by atoms with van der Waals surface area (Å²) in [5.74, 6) is 0. The van der Waals surface area contributed by atoms with E-state index >= 15 is 0 Å². The molecule has 0 aliphatic rings. The molecule has 0 aromatic heterocycles. The van der Waals surface area contributed by atoms with E-state index < -0.39 is 7.18 Å². The second-order valence-corrected chi connectivity index (χ2v) is 11.6. The Hall–Kier alpha value is 0.197. The third kappa shape index (κ3) is 20.4. The monoisotopic (exact) mass is 408 g/mol. The summed E-state index contributed by atoms with van der Waals surface area (Å²) in [4.78, 5) is 0. The van der Waals surface area contributed by atoms with Crippen LogP contribution in [-0.4, -0.2) is 20.4 Å². The molecule has 0 aliphatic heterocycles. The van der Waals surface area contributed by atoms with Crippen LogP contribution in [0.25, 0.3) is 0 Å². The topological polar surface area (TPSA) is 18.5 Å². The minimum absolute atomic E-state index is 0.606. The zero-order chi connectivity index (χ0) is 18.6. The van der Waals surface area contributed by atoms with Gasteiger partial charge in [-0.1, -0.05) is 85.7 Å². The standard InChI is InChI=1S/C20H38Cl2O2Si/c1-3-5-7-9-11-13-15-17-19-23-25(21,22)24-20-18-16-14-12-10-8-6-4-2/h3-4H,1-2,5-20H2. The lowest BCUT2D eigenvalue weighted by Crippen LogP contribution is -2.30. The molecule has 0 amide bonds. The SMILES string of the molecule is C=CCCCCCCCCO[Si](Cl)(Cl)OCCCCCCCCC=C. The molecule has 0 atom stereocenters. The molecule has 25 heavy (non-hydrogen) atoms. The molecule has 0 spiro atoms. The van der Waals surface area contributed by atoms with Crippen LogP contribution in [0.2, 0.25) is 0 Å². The van der Waals surface area contributed by atoms with Crippen LogP contribution in [0, 0.1) is 0 Å². The van der Waals surface area contributed by atoms with Crippen molar-refractivity contribution < 1.29 is 8.85 Å². The van der Waals surface area contributed by atoms with Crippen molar-refractivity contribution >= 4 is 29.3 Å². The fraction of sp³-hybridized carbons (Fsp3) is 0.800. The van der Waals surface area contributed by atoms with Gasteiger partial charge in [-0.2, -0.15) is 0 Å². The molecule has 0 rings (SSSR count). The molecule has 0 bridgehead atoms. The lowest BCUT2D eigenvalue weighted by atomic mass is 10.1. The fourth-order valence-corrected chi connectivity index (χ4v) is 4.39. The average molecular weight is 410 g/mol. The molecule has 148 valence electrons. The van der Waals surface area contributed by atoms with Gasteiger partial charge in [-0.25, -0.2) is 0 Å². The van der Waals surface area contributed by atoms with Gasteiger partial charge in [0.15, 0.2) is 0 Å². The van der Waals surface area contributed by atoms with Gasteiger partial charge < -0.3 is 8.85 Å². The number of halogens is 2. The Morgan fingerprint density at radius 2 is 0.880 bits per heavy atom. The summed E-state index contributed by atoms with van der Waals surface area (Å²) in [6.07, 6.45) is 20.7. The summed E-state index contributed by atoms with van der Waals surface area (Å²) in [6.45, 7) is 8.69. The van der Waals surface area contributed by atoms with Gasteiger partial charge in [0.1, 0.15) is 0 Å². The number of allylic oxidation sites excluding steroid dienone is 2. The normalized spacial score (nSPS) is 11.6. The molecule has 0 N–H and O–H groups in total. The third-order valence-electron chi connectivity index (χ3n) is 4.15. The molecular formula is C20H38Cl2O2Si. The van der Waals surface area contributed by atoms with Crippen LogP contribution in [0.1, 0.15) is 89.9 Å². The van der Waals surface area contributed by atoms with Gasteiger partial charge in [-0.05, 0) is 38.5 Å². The average Bonchev–Trinajstić information content (AvgIpc) is 2.59. The number of hydrogen-bond donors (Lipinski definition) is 0. The number of rotatable bonds is 20. The van der Waals surface area contributed by atoms with Crippen LogP contribution >= 0.6 is 22.2 Å². The first kappa shape index (κ1) is 25.2. The Morgan fingerprint density at radius 1 is 0.560 bits per heavy atom. The molecule has 5 heteroatoms. The first-order chi connectivity index (χ1) is 12.1. The molecule has 0 saturated heterocycles. The van der Waals surface area contributed by atoms with Crippen molar-refractivity contribution in [2.24, 2.45) is 0 Å². The lowest BCUT2D eigenvalue weighted by Gasteiger charge is -2.17. The van der Waals surface area contributed by atoms with E-state index in [1.54, 1.807) is 0 Å². The molecule has 2 nitrogen and oxygen atoms in total.